The molecule has 0 radical (unpaired) electrons. The number of hydrogen-bond acceptors (Lipinski definition) is 3. The summed E-state index contributed by atoms with van der Waals surface area (Å²) in [7, 11) is 4.09. The maximum Gasteiger partial charge on any atom is 0.0159 e. The second-order valence-corrected chi connectivity index (χ2v) is 5.40. The van der Waals surface area contributed by atoms with Gasteiger partial charge in [0.15, 0.2) is 0 Å². The lowest BCUT2D eigenvalue weighted by molar-refractivity contribution is 0.657. The summed E-state index contributed by atoms with van der Waals surface area (Å²) in [6.07, 6.45) is 5.34. The molecule has 0 saturated carbocycles. The molecule has 60 valence electrons. The Morgan fingerprint density at radius 1 is 1.40 bits per heavy atom. The summed E-state index contributed by atoms with van der Waals surface area (Å²) in [5, 5.41) is 0.941. The predicted octanol–water partition coefficient (Wildman–Crippen LogP) is 2.27. The molecule has 0 aromatic carbocycles. The third kappa shape index (κ3) is 3.17. The molecule has 1 unspecified atom stereocenters. The van der Waals surface area contributed by atoms with E-state index in [2.05, 4.69) is 10.8 Å². The highest BCUT2D eigenvalue weighted by Gasteiger charge is 2.14. The zero-order valence-electron chi connectivity index (χ0n) is 6.21. The van der Waals surface area contributed by atoms with E-state index in [1.807, 2.05) is 10.8 Å². The summed E-state index contributed by atoms with van der Waals surface area (Å²) in [5.74, 6) is 1.36. The van der Waals surface area contributed by atoms with Gasteiger partial charge in [-0.25, -0.2) is 0 Å². The van der Waals surface area contributed by atoms with Gasteiger partial charge in [-0.1, -0.05) is 28.0 Å². The SMILES string of the molecule is NCCCCC1CCSS1. The van der Waals surface area contributed by atoms with Crippen LogP contribution >= 0.6 is 21.6 Å². The van der Waals surface area contributed by atoms with E-state index in [0.717, 1.165) is 11.8 Å². The van der Waals surface area contributed by atoms with Gasteiger partial charge in [-0.3, -0.25) is 0 Å². The van der Waals surface area contributed by atoms with Crippen LogP contribution in [0.15, 0.2) is 0 Å². The van der Waals surface area contributed by atoms with Crippen LogP contribution in [0.4, 0.5) is 0 Å². The topological polar surface area (TPSA) is 26.0 Å². The molecule has 0 aromatic rings. The fourth-order valence-electron chi connectivity index (χ4n) is 1.08. The second-order valence-electron chi connectivity index (χ2n) is 2.61. The average Bonchev–Trinajstić information content (AvgIpc) is 2.41. The fourth-order valence-corrected chi connectivity index (χ4v) is 4.11. The molecule has 1 aliphatic heterocycles. The first-order valence-corrected chi connectivity index (χ1v) is 6.30. The first kappa shape index (κ1) is 8.75. The van der Waals surface area contributed by atoms with E-state index in [-0.39, 0.29) is 0 Å². The van der Waals surface area contributed by atoms with Gasteiger partial charge in [0.25, 0.3) is 0 Å². The van der Waals surface area contributed by atoms with Crippen LogP contribution in [0.1, 0.15) is 25.7 Å². The van der Waals surface area contributed by atoms with Gasteiger partial charge in [-0.2, -0.15) is 0 Å². The first-order valence-electron chi connectivity index (χ1n) is 3.92. The van der Waals surface area contributed by atoms with Crippen molar-refractivity contribution in [3.63, 3.8) is 0 Å². The van der Waals surface area contributed by atoms with E-state index in [9.17, 15) is 0 Å². The number of hydrogen-bond donors (Lipinski definition) is 1. The summed E-state index contributed by atoms with van der Waals surface area (Å²) in [6.45, 7) is 0.866. The predicted molar refractivity (Wildman–Crippen MR) is 51.4 cm³/mol. The molecule has 0 spiro atoms. The largest absolute Gasteiger partial charge is 0.330 e. The quantitative estimate of drug-likeness (QED) is 0.527. The van der Waals surface area contributed by atoms with Crippen LogP contribution < -0.4 is 5.73 Å². The number of rotatable bonds is 4. The lowest BCUT2D eigenvalue weighted by Crippen LogP contribution is -2.01. The Balaban J connectivity index is 1.91. The second kappa shape index (κ2) is 5.33. The van der Waals surface area contributed by atoms with Gasteiger partial charge < -0.3 is 5.73 Å². The Hall–Kier alpha value is 0.660. The molecular formula is C7H15NS2. The van der Waals surface area contributed by atoms with E-state index in [1.165, 1.54) is 31.4 Å². The molecule has 0 bridgehead atoms. The Morgan fingerprint density at radius 3 is 2.90 bits per heavy atom. The zero-order chi connectivity index (χ0) is 7.23. The van der Waals surface area contributed by atoms with Crippen LogP contribution in [0, 0.1) is 0 Å². The van der Waals surface area contributed by atoms with Crippen molar-refractivity contribution < 1.29 is 0 Å². The highest BCUT2D eigenvalue weighted by Crippen LogP contribution is 2.39. The fraction of sp³-hybridized carbons (Fsp3) is 1.00. The van der Waals surface area contributed by atoms with Gasteiger partial charge in [-0.15, -0.1) is 0 Å². The van der Waals surface area contributed by atoms with E-state index >= 15 is 0 Å². The van der Waals surface area contributed by atoms with Gasteiger partial charge >= 0.3 is 0 Å². The van der Waals surface area contributed by atoms with Crippen molar-refractivity contribution in [2.45, 2.75) is 30.9 Å². The molecule has 1 rings (SSSR count). The van der Waals surface area contributed by atoms with Crippen molar-refractivity contribution in [3.05, 3.63) is 0 Å². The summed E-state index contributed by atoms with van der Waals surface area (Å²) in [5.41, 5.74) is 5.40. The minimum Gasteiger partial charge on any atom is -0.330 e. The van der Waals surface area contributed by atoms with E-state index in [1.54, 1.807) is 0 Å². The van der Waals surface area contributed by atoms with Crippen molar-refractivity contribution in [3.8, 4) is 0 Å². The van der Waals surface area contributed by atoms with Gasteiger partial charge in [-0.05, 0) is 25.8 Å². The summed E-state index contributed by atoms with van der Waals surface area (Å²) in [4.78, 5) is 0. The van der Waals surface area contributed by atoms with Crippen molar-refractivity contribution >= 4 is 21.6 Å². The molecule has 2 N–H and O–H groups in total. The summed E-state index contributed by atoms with van der Waals surface area (Å²) < 4.78 is 0. The van der Waals surface area contributed by atoms with Crippen molar-refractivity contribution in [1.29, 1.82) is 0 Å². The van der Waals surface area contributed by atoms with Crippen molar-refractivity contribution in [1.82, 2.24) is 0 Å². The van der Waals surface area contributed by atoms with Gasteiger partial charge in [0.2, 0.25) is 0 Å². The Labute approximate surface area is 70.9 Å². The van der Waals surface area contributed by atoms with Crippen molar-refractivity contribution in [2.75, 3.05) is 12.3 Å². The maximum absolute atomic E-state index is 5.40. The standard InChI is InChI=1S/C7H15NS2/c8-5-2-1-3-7-4-6-9-10-7/h7H,1-6,8H2. The lowest BCUT2D eigenvalue weighted by atomic mass is 10.1. The van der Waals surface area contributed by atoms with Crippen LogP contribution in [-0.4, -0.2) is 17.5 Å². The smallest absolute Gasteiger partial charge is 0.0159 e. The van der Waals surface area contributed by atoms with Gasteiger partial charge in [0.05, 0.1) is 0 Å². The van der Waals surface area contributed by atoms with Crippen LogP contribution in [-0.2, 0) is 0 Å². The molecule has 1 fully saturated rings. The molecule has 1 heterocycles. The molecule has 1 atom stereocenters. The molecule has 1 nitrogen and oxygen atoms in total. The molecule has 0 aromatic heterocycles. The van der Waals surface area contributed by atoms with Crippen LogP contribution in [0.5, 0.6) is 0 Å². The molecule has 1 aliphatic rings. The summed E-state index contributed by atoms with van der Waals surface area (Å²) >= 11 is 0. The van der Waals surface area contributed by atoms with Crippen LogP contribution in [0.2, 0.25) is 0 Å². The van der Waals surface area contributed by atoms with Gasteiger partial charge in [0.1, 0.15) is 0 Å². The minimum absolute atomic E-state index is 0.866. The highest BCUT2D eigenvalue weighted by atomic mass is 33.1. The van der Waals surface area contributed by atoms with Crippen LogP contribution in [0.3, 0.4) is 0 Å². The Bertz CT molecular complexity index is 81.7. The summed E-state index contributed by atoms with van der Waals surface area (Å²) in [6, 6.07) is 0. The highest BCUT2D eigenvalue weighted by molar-refractivity contribution is 8.77. The molecule has 0 amide bonds. The Kier molecular flexibility index (Phi) is 4.66. The molecule has 3 heteroatoms. The number of nitrogens with two attached hydrogens (primary N) is 1. The molecule has 0 aliphatic carbocycles. The number of unbranched alkanes of at least 4 members (excludes halogenated alkanes) is 1. The molecular weight excluding hydrogens is 162 g/mol. The monoisotopic (exact) mass is 177 g/mol. The average molecular weight is 177 g/mol. The van der Waals surface area contributed by atoms with E-state index in [0.29, 0.717) is 0 Å². The lowest BCUT2D eigenvalue weighted by Gasteiger charge is -2.04. The van der Waals surface area contributed by atoms with E-state index < -0.39 is 0 Å². The normalized spacial score (nSPS) is 25.5. The molecule has 1 saturated heterocycles. The molecule has 10 heavy (non-hydrogen) atoms. The third-order valence-corrected chi connectivity index (χ3v) is 4.71. The Morgan fingerprint density at radius 2 is 2.30 bits per heavy atom. The maximum atomic E-state index is 5.40. The first-order chi connectivity index (χ1) is 4.93. The zero-order valence-corrected chi connectivity index (χ0v) is 7.85. The van der Waals surface area contributed by atoms with Gasteiger partial charge in [0, 0.05) is 11.0 Å². The minimum atomic E-state index is 0.866. The van der Waals surface area contributed by atoms with Crippen LogP contribution in [0.25, 0.3) is 0 Å². The van der Waals surface area contributed by atoms with E-state index in [4.69, 9.17) is 5.73 Å². The third-order valence-electron chi connectivity index (χ3n) is 1.71. The van der Waals surface area contributed by atoms with Crippen molar-refractivity contribution in [2.24, 2.45) is 5.73 Å².